The zero-order valence-corrected chi connectivity index (χ0v) is 16.5. The van der Waals surface area contributed by atoms with Crippen molar-refractivity contribution in [2.45, 2.75) is 52.0 Å². The van der Waals surface area contributed by atoms with Gasteiger partial charge in [-0.2, -0.15) is 10.4 Å². The normalized spacial score (nSPS) is 14.4. The van der Waals surface area contributed by atoms with Gasteiger partial charge in [-0.1, -0.05) is 13.8 Å². The zero-order chi connectivity index (χ0) is 19.6. The fourth-order valence-electron chi connectivity index (χ4n) is 3.25. The summed E-state index contributed by atoms with van der Waals surface area (Å²) in [5, 5.41) is 16.8. The van der Waals surface area contributed by atoms with Crippen molar-refractivity contribution in [1.29, 1.82) is 5.26 Å². The number of carbonyl (C=O) groups is 1. The molecule has 1 amide bonds. The van der Waals surface area contributed by atoms with Crippen LogP contribution >= 0.6 is 0 Å². The number of amides is 1. The molecular formula is C21H27N5O. The van der Waals surface area contributed by atoms with Gasteiger partial charge in [0.05, 0.1) is 17.4 Å². The highest BCUT2D eigenvalue weighted by Crippen LogP contribution is 2.28. The Hall–Kier alpha value is -2.81. The Morgan fingerprint density at radius 2 is 2.00 bits per heavy atom. The largest absolute Gasteiger partial charge is 0.370 e. The summed E-state index contributed by atoms with van der Waals surface area (Å²) in [7, 11) is 0. The van der Waals surface area contributed by atoms with Gasteiger partial charge >= 0.3 is 0 Å². The van der Waals surface area contributed by atoms with Crippen LogP contribution < -0.4 is 10.2 Å². The highest BCUT2D eigenvalue weighted by molar-refractivity contribution is 5.96. The second-order valence-corrected chi connectivity index (χ2v) is 7.92. The van der Waals surface area contributed by atoms with Crippen LogP contribution in [0, 0.1) is 11.3 Å². The highest BCUT2D eigenvalue weighted by atomic mass is 16.2. The smallest absolute Gasteiger partial charge is 0.251 e. The summed E-state index contributed by atoms with van der Waals surface area (Å²) in [4.78, 5) is 15.2. The Morgan fingerprint density at radius 3 is 2.59 bits per heavy atom. The van der Waals surface area contributed by atoms with Crippen molar-refractivity contribution in [2.24, 2.45) is 0 Å². The van der Waals surface area contributed by atoms with Crippen LogP contribution in [0.4, 0.5) is 11.4 Å². The first-order valence-corrected chi connectivity index (χ1v) is 9.48. The number of aromatic nitrogens is 2. The van der Waals surface area contributed by atoms with Crippen LogP contribution in [0.2, 0.25) is 0 Å². The Kier molecular flexibility index (Phi) is 5.22. The van der Waals surface area contributed by atoms with Gasteiger partial charge < -0.3 is 10.2 Å². The van der Waals surface area contributed by atoms with E-state index in [0.717, 1.165) is 37.2 Å². The monoisotopic (exact) mass is 365 g/mol. The lowest BCUT2D eigenvalue weighted by molar-refractivity contribution is -0.123. The van der Waals surface area contributed by atoms with Crippen molar-refractivity contribution >= 4 is 17.3 Å². The maximum atomic E-state index is 13.0. The first-order chi connectivity index (χ1) is 12.8. The number of carbonyl (C=O) groups excluding carboxylic acids is 1. The van der Waals surface area contributed by atoms with Gasteiger partial charge in [-0.25, -0.2) is 0 Å². The number of anilines is 2. The molecule has 0 spiro atoms. The molecule has 0 radical (unpaired) electrons. The summed E-state index contributed by atoms with van der Waals surface area (Å²) in [6.45, 7) is 9.80. The summed E-state index contributed by atoms with van der Waals surface area (Å²) in [5.41, 5.74) is 2.51. The van der Waals surface area contributed by atoms with E-state index in [1.165, 1.54) is 0 Å². The van der Waals surface area contributed by atoms with E-state index < -0.39 is 5.54 Å². The highest BCUT2D eigenvalue weighted by Gasteiger charge is 2.31. The van der Waals surface area contributed by atoms with Gasteiger partial charge in [0.25, 0.3) is 5.91 Å². The van der Waals surface area contributed by atoms with Gasteiger partial charge in [-0.3, -0.25) is 9.48 Å². The summed E-state index contributed by atoms with van der Waals surface area (Å²) in [6, 6.07) is 7.72. The van der Waals surface area contributed by atoms with Crippen LogP contribution in [-0.2, 0) is 10.3 Å². The number of rotatable bonds is 5. The van der Waals surface area contributed by atoms with Gasteiger partial charge in [-0.05, 0) is 56.4 Å². The molecule has 1 aliphatic rings. The molecule has 0 aliphatic carbocycles. The molecule has 27 heavy (non-hydrogen) atoms. The van der Waals surface area contributed by atoms with Crippen LogP contribution in [0.1, 0.15) is 57.6 Å². The zero-order valence-electron chi connectivity index (χ0n) is 16.5. The first-order valence-electron chi connectivity index (χ1n) is 9.48. The summed E-state index contributed by atoms with van der Waals surface area (Å²) in [6.07, 6.45) is 6.00. The van der Waals surface area contributed by atoms with Crippen molar-refractivity contribution in [2.75, 3.05) is 23.3 Å². The van der Waals surface area contributed by atoms with E-state index in [2.05, 4.69) is 35.2 Å². The number of nitrogens with one attached hydrogen (secondary N) is 1. The molecule has 0 unspecified atom stereocenters. The molecule has 0 bridgehead atoms. The quantitative estimate of drug-likeness (QED) is 0.873. The number of benzene rings is 1. The predicted molar refractivity (Wildman–Crippen MR) is 107 cm³/mol. The van der Waals surface area contributed by atoms with Gasteiger partial charge in [-0.15, -0.1) is 0 Å². The minimum atomic E-state index is -0.825. The molecule has 2 aromatic rings. The number of hydrogen-bond acceptors (Lipinski definition) is 4. The van der Waals surface area contributed by atoms with Gasteiger partial charge in [0.1, 0.15) is 11.6 Å². The van der Waals surface area contributed by atoms with E-state index in [4.69, 9.17) is 0 Å². The van der Waals surface area contributed by atoms with E-state index in [1.54, 1.807) is 16.8 Å². The molecule has 3 rings (SSSR count). The topological polar surface area (TPSA) is 74.0 Å². The molecule has 6 nitrogen and oxygen atoms in total. The lowest BCUT2D eigenvalue weighted by Crippen LogP contribution is -2.40. The summed E-state index contributed by atoms with van der Waals surface area (Å²) in [5.74, 6) is 0.220. The first kappa shape index (κ1) is 19.0. The van der Waals surface area contributed by atoms with Crippen LogP contribution in [0.3, 0.4) is 0 Å². The van der Waals surface area contributed by atoms with Crippen LogP contribution in [0.15, 0.2) is 30.6 Å². The number of nitrogens with zero attached hydrogens (tertiary/aromatic N) is 4. The second-order valence-electron chi connectivity index (χ2n) is 7.92. The van der Waals surface area contributed by atoms with Crippen LogP contribution in [0.5, 0.6) is 0 Å². The molecule has 1 aliphatic heterocycles. The third-order valence-electron chi connectivity index (χ3n) is 5.22. The minimum Gasteiger partial charge on any atom is -0.370 e. The fourth-order valence-corrected chi connectivity index (χ4v) is 3.25. The third-order valence-corrected chi connectivity index (χ3v) is 5.22. The van der Waals surface area contributed by atoms with Crippen LogP contribution in [-0.4, -0.2) is 28.8 Å². The molecule has 0 saturated carbocycles. The Balaban J connectivity index is 1.82. The fraction of sp³-hybridized carbons (Fsp3) is 0.476. The standard InChI is InChI=1S/C21H27N5O/c1-15(2)17-13-23-26(14-17)21(3,4)20(27)24-18-8-7-16(12-22)19(11-18)25-9-5-6-10-25/h7-8,11,13-15H,5-6,9-10H2,1-4H3,(H,24,27). The molecule has 1 N–H and O–H groups in total. The maximum absolute atomic E-state index is 13.0. The molecule has 2 heterocycles. The summed E-state index contributed by atoms with van der Waals surface area (Å²) < 4.78 is 1.71. The number of hydrogen-bond donors (Lipinski definition) is 1. The molecular weight excluding hydrogens is 338 g/mol. The van der Waals surface area contributed by atoms with Crippen molar-refractivity contribution in [1.82, 2.24) is 9.78 Å². The van der Waals surface area contributed by atoms with E-state index in [1.807, 2.05) is 32.3 Å². The van der Waals surface area contributed by atoms with Gasteiger partial charge in [0.2, 0.25) is 0 Å². The summed E-state index contributed by atoms with van der Waals surface area (Å²) >= 11 is 0. The predicted octanol–water partition coefficient (Wildman–Crippen LogP) is 3.85. The van der Waals surface area contributed by atoms with Crippen LogP contribution in [0.25, 0.3) is 0 Å². The van der Waals surface area contributed by atoms with E-state index in [9.17, 15) is 10.1 Å². The SMILES string of the molecule is CC(C)c1cnn(C(C)(C)C(=O)Nc2ccc(C#N)c(N3CCCC3)c2)c1. The Labute approximate surface area is 160 Å². The van der Waals surface area contributed by atoms with E-state index >= 15 is 0 Å². The molecule has 142 valence electrons. The third kappa shape index (κ3) is 3.82. The maximum Gasteiger partial charge on any atom is 0.251 e. The molecule has 1 aromatic heterocycles. The Bertz CT molecular complexity index is 869. The molecule has 0 atom stereocenters. The lowest BCUT2D eigenvalue weighted by atomic mass is 10.0. The molecule has 1 fully saturated rings. The molecule has 1 aromatic carbocycles. The average molecular weight is 365 g/mol. The van der Waals surface area contributed by atoms with Crippen molar-refractivity contribution in [3.05, 3.63) is 41.7 Å². The van der Waals surface area contributed by atoms with Crippen molar-refractivity contribution in [3.63, 3.8) is 0 Å². The molecule has 6 heteroatoms. The van der Waals surface area contributed by atoms with E-state index in [0.29, 0.717) is 17.2 Å². The van der Waals surface area contributed by atoms with Crippen molar-refractivity contribution in [3.8, 4) is 6.07 Å². The average Bonchev–Trinajstić information content (AvgIpc) is 3.33. The molecule has 1 saturated heterocycles. The minimum absolute atomic E-state index is 0.141. The van der Waals surface area contributed by atoms with Gasteiger partial charge in [0.15, 0.2) is 0 Å². The van der Waals surface area contributed by atoms with Crippen molar-refractivity contribution < 1.29 is 4.79 Å². The lowest BCUT2D eigenvalue weighted by Gasteiger charge is -2.25. The second kappa shape index (κ2) is 7.43. The van der Waals surface area contributed by atoms with Gasteiger partial charge in [0, 0.05) is 25.0 Å². The Morgan fingerprint density at radius 1 is 1.30 bits per heavy atom. The van der Waals surface area contributed by atoms with E-state index in [-0.39, 0.29) is 5.91 Å². The number of nitriles is 1.